The van der Waals surface area contributed by atoms with Crippen LogP contribution >= 0.6 is 27.3 Å². The van der Waals surface area contributed by atoms with Gasteiger partial charge in [0.2, 0.25) is 0 Å². The van der Waals surface area contributed by atoms with Gasteiger partial charge in [-0.3, -0.25) is 0 Å². The van der Waals surface area contributed by atoms with Crippen molar-refractivity contribution in [2.45, 2.75) is 20.0 Å². The van der Waals surface area contributed by atoms with Crippen molar-refractivity contribution in [1.82, 2.24) is 5.32 Å². The van der Waals surface area contributed by atoms with E-state index in [1.807, 2.05) is 7.05 Å². The van der Waals surface area contributed by atoms with Crippen LogP contribution in [-0.2, 0) is 13.1 Å². The third-order valence-corrected chi connectivity index (χ3v) is 4.65. The van der Waals surface area contributed by atoms with Crippen molar-refractivity contribution in [2.75, 3.05) is 19.0 Å². The molecule has 0 unspecified atom stereocenters. The van der Waals surface area contributed by atoms with E-state index in [1.54, 1.807) is 11.3 Å². The van der Waals surface area contributed by atoms with Gasteiger partial charge in [-0.15, -0.1) is 11.3 Å². The highest BCUT2D eigenvalue weighted by Crippen LogP contribution is 2.25. The minimum absolute atomic E-state index is 0.919. The first-order valence-electron chi connectivity index (χ1n) is 6.28. The van der Waals surface area contributed by atoms with Gasteiger partial charge < -0.3 is 10.2 Å². The summed E-state index contributed by atoms with van der Waals surface area (Å²) in [5, 5.41) is 5.38. The van der Waals surface area contributed by atoms with E-state index in [-0.39, 0.29) is 0 Å². The molecule has 0 atom stereocenters. The molecule has 2 rings (SSSR count). The molecule has 0 bridgehead atoms. The molecule has 0 spiro atoms. The molecule has 19 heavy (non-hydrogen) atoms. The minimum Gasteiger partial charge on any atom is -0.370 e. The maximum absolute atomic E-state index is 3.51. The van der Waals surface area contributed by atoms with E-state index < -0.39 is 0 Å². The van der Waals surface area contributed by atoms with Gasteiger partial charge in [0.1, 0.15) is 0 Å². The number of benzene rings is 1. The number of hydrogen-bond donors (Lipinski definition) is 1. The summed E-state index contributed by atoms with van der Waals surface area (Å²) in [6, 6.07) is 8.85. The van der Waals surface area contributed by atoms with Crippen LogP contribution in [0.15, 0.2) is 33.4 Å². The van der Waals surface area contributed by atoms with Gasteiger partial charge in [0.15, 0.2) is 0 Å². The standard InChI is InChI=1S/C15H19BrN2S/c1-11-6-12(8-17-2)4-5-14(11)18(3)9-13-7-15(16)19-10-13/h4-7,10,17H,8-9H2,1-3H3. The highest BCUT2D eigenvalue weighted by atomic mass is 79.9. The van der Waals surface area contributed by atoms with Gasteiger partial charge in [-0.25, -0.2) is 0 Å². The summed E-state index contributed by atoms with van der Waals surface area (Å²) in [5.41, 5.74) is 5.29. The summed E-state index contributed by atoms with van der Waals surface area (Å²) in [5.74, 6) is 0. The topological polar surface area (TPSA) is 15.3 Å². The Morgan fingerprint density at radius 2 is 2.05 bits per heavy atom. The molecule has 4 heteroatoms. The second-order valence-electron chi connectivity index (χ2n) is 4.77. The lowest BCUT2D eigenvalue weighted by Crippen LogP contribution is -2.17. The quantitative estimate of drug-likeness (QED) is 0.879. The Balaban J connectivity index is 2.12. The van der Waals surface area contributed by atoms with E-state index in [9.17, 15) is 0 Å². The zero-order chi connectivity index (χ0) is 13.8. The first kappa shape index (κ1) is 14.6. The SMILES string of the molecule is CNCc1ccc(N(C)Cc2csc(Br)c2)c(C)c1. The molecule has 0 amide bonds. The third kappa shape index (κ3) is 3.81. The minimum atomic E-state index is 0.919. The zero-order valence-corrected chi connectivity index (χ0v) is 13.9. The van der Waals surface area contributed by atoms with E-state index >= 15 is 0 Å². The Morgan fingerprint density at radius 1 is 1.26 bits per heavy atom. The van der Waals surface area contributed by atoms with Gasteiger partial charge in [0.25, 0.3) is 0 Å². The molecule has 1 N–H and O–H groups in total. The van der Waals surface area contributed by atoms with Crippen LogP contribution in [0, 0.1) is 6.92 Å². The molecule has 2 nitrogen and oxygen atoms in total. The number of hydrogen-bond acceptors (Lipinski definition) is 3. The lowest BCUT2D eigenvalue weighted by molar-refractivity contribution is 0.816. The van der Waals surface area contributed by atoms with Crippen LogP contribution in [0.3, 0.4) is 0 Å². The third-order valence-electron chi connectivity index (χ3n) is 3.09. The molecule has 102 valence electrons. The largest absolute Gasteiger partial charge is 0.370 e. The van der Waals surface area contributed by atoms with Gasteiger partial charge in [-0.1, -0.05) is 12.1 Å². The molecule has 0 saturated carbocycles. The van der Waals surface area contributed by atoms with Gasteiger partial charge >= 0.3 is 0 Å². The number of nitrogens with zero attached hydrogens (tertiary/aromatic N) is 1. The maximum Gasteiger partial charge on any atom is 0.0701 e. The van der Waals surface area contributed by atoms with Crippen molar-refractivity contribution in [3.05, 3.63) is 50.1 Å². The van der Waals surface area contributed by atoms with Gasteiger partial charge in [-0.2, -0.15) is 0 Å². The Hall–Kier alpha value is -0.840. The lowest BCUT2D eigenvalue weighted by atomic mass is 10.1. The normalized spacial score (nSPS) is 10.7. The fourth-order valence-corrected chi connectivity index (χ4v) is 3.45. The highest BCUT2D eigenvalue weighted by Gasteiger charge is 2.07. The number of nitrogens with one attached hydrogen (secondary N) is 1. The average Bonchev–Trinajstić information content (AvgIpc) is 2.75. The molecule has 0 saturated heterocycles. The predicted octanol–water partition coefficient (Wildman–Crippen LogP) is 4.17. The van der Waals surface area contributed by atoms with Gasteiger partial charge in [0.05, 0.1) is 3.79 Å². The molecular weight excluding hydrogens is 320 g/mol. The van der Waals surface area contributed by atoms with E-state index in [0.29, 0.717) is 0 Å². The van der Waals surface area contributed by atoms with E-state index in [1.165, 1.54) is 26.2 Å². The number of halogens is 1. The molecule has 0 fully saturated rings. The highest BCUT2D eigenvalue weighted by molar-refractivity contribution is 9.11. The van der Waals surface area contributed by atoms with Crippen LogP contribution in [0.1, 0.15) is 16.7 Å². The fraction of sp³-hybridized carbons (Fsp3) is 0.333. The number of rotatable bonds is 5. The summed E-state index contributed by atoms with van der Waals surface area (Å²) >= 11 is 5.25. The lowest BCUT2D eigenvalue weighted by Gasteiger charge is -2.21. The van der Waals surface area contributed by atoms with Crippen LogP contribution in [0.5, 0.6) is 0 Å². The summed E-state index contributed by atoms with van der Waals surface area (Å²) in [4.78, 5) is 2.30. The predicted molar refractivity (Wildman–Crippen MR) is 88.1 cm³/mol. The van der Waals surface area contributed by atoms with Crippen molar-refractivity contribution in [2.24, 2.45) is 0 Å². The van der Waals surface area contributed by atoms with Crippen molar-refractivity contribution in [3.63, 3.8) is 0 Å². The van der Waals surface area contributed by atoms with Crippen molar-refractivity contribution in [3.8, 4) is 0 Å². The molecule has 1 heterocycles. The van der Waals surface area contributed by atoms with Crippen LogP contribution in [0.4, 0.5) is 5.69 Å². The number of thiophene rings is 1. The van der Waals surface area contributed by atoms with Crippen LogP contribution in [0.25, 0.3) is 0 Å². The van der Waals surface area contributed by atoms with Crippen LogP contribution in [0.2, 0.25) is 0 Å². The van der Waals surface area contributed by atoms with Crippen LogP contribution in [-0.4, -0.2) is 14.1 Å². The Morgan fingerprint density at radius 3 is 2.63 bits per heavy atom. The van der Waals surface area contributed by atoms with E-state index in [2.05, 4.69) is 69.8 Å². The molecule has 1 aromatic carbocycles. The smallest absolute Gasteiger partial charge is 0.0701 e. The monoisotopic (exact) mass is 338 g/mol. The average molecular weight is 339 g/mol. The van der Waals surface area contributed by atoms with E-state index in [4.69, 9.17) is 0 Å². The second kappa shape index (κ2) is 6.55. The van der Waals surface area contributed by atoms with Crippen LogP contribution < -0.4 is 10.2 Å². The molecule has 0 aliphatic carbocycles. The molecular formula is C15H19BrN2S. The number of anilines is 1. The summed E-state index contributed by atoms with van der Waals surface area (Å²) < 4.78 is 1.19. The van der Waals surface area contributed by atoms with E-state index in [0.717, 1.165) is 13.1 Å². The van der Waals surface area contributed by atoms with Gasteiger partial charge in [-0.05, 0) is 64.1 Å². The molecule has 0 radical (unpaired) electrons. The van der Waals surface area contributed by atoms with Crippen molar-refractivity contribution < 1.29 is 0 Å². The van der Waals surface area contributed by atoms with Crippen molar-refractivity contribution in [1.29, 1.82) is 0 Å². The molecule has 2 aromatic rings. The second-order valence-corrected chi connectivity index (χ2v) is 7.06. The fourth-order valence-electron chi connectivity index (χ4n) is 2.25. The van der Waals surface area contributed by atoms with Gasteiger partial charge in [0, 0.05) is 25.8 Å². The summed E-state index contributed by atoms with van der Waals surface area (Å²) in [7, 11) is 4.12. The Labute approximate surface area is 127 Å². The molecule has 1 aromatic heterocycles. The molecule has 0 aliphatic rings. The first-order valence-corrected chi connectivity index (χ1v) is 7.95. The Kier molecular flexibility index (Phi) is 5.02. The summed E-state index contributed by atoms with van der Waals surface area (Å²) in [6.45, 7) is 4.03. The number of aryl methyl sites for hydroxylation is 1. The maximum atomic E-state index is 3.51. The Bertz CT molecular complexity index is 551. The first-order chi connectivity index (χ1) is 9.10. The zero-order valence-electron chi connectivity index (χ0n) is 11.5. The summed E-state index contributed by atoms with van der Waals surface area (Å²) in [6.07, 6.45) is 0. The molecule has 0 aliphatic heterocycles. The van der Waals surface area contributed by atoms with Crippen molar-refractivity contribution >= 4 is 33.0 Å².